The molecule has 1 aliphatic carbocycles. The zero-order chi connectivity index (χ0) is 40.8. The number of hydrogen-bond acceptors (Lipinski definition) is 10. The smallest absolute Gasteiger partial charge is 0.329 e. The molecule has 11 nitrogen and oxygen atoms in total. The molecule has 4 aliphatic rings. The zero-order valence-corrected chi connectivity index (χ0v) is 36.6. The summed E-state index contributed by atoms with van der Waals surface area (Å²) in [5.41, 5.74) is 1.88. The second-order valence-corrected chi connectivity index (χ2v) is 19.2. The second-order valence-electron chi connectivity index (χ2n) is 17.7. The van der Waals surface area contributed by atoms with Crippen LogP contribution in [0.15, 0.2) is 36.0 Å². The molecule has 3 aliphatic heterocycles. The number of esters is 1. The molecule has 0 unspecified atom stereocenters. The molecule has 2 saturated heterocycles. The Labute approximate surface area is 331 Å². The van der Waals surface area contributed by atoms with Crippen LogP contribution in [0.5, 0.6) is 0 Å². The fourth-order valence-electron chi connectivity index (χ4n) is 9.81. The monoisotopic (exact) mass is 787 g/mol. The van der Waals surface area contributed by atoms with E-state index in [-0.39, 0.29) is 54.6 Å². The summed E-state index contributed by atoms with van der Waals surface area (Å²) < 4.78 is 18.2. The summed E-state index contributed by atoms with van der Waals surface area (Å²) in [5.74, 6) is -6.81. The topological polar surface area (TPSA) is 160 Å². The number of nitrogens with zero attached hydrogens (tertiary/aromatic N) is 1. The third-order valence-corrected chi connectivity index (χ3v) is 14.1. The number of aliphatic hydroxyl groups is 3. The molecular formula is C43H69NO10Si. The first-order valence-electron chi connectivity index (χ1n) is 20.8. The summed E-state index contributed by atoms with van der Waals surface area (Å²) in [6.45, 7) is 15.6. The number of ketones is 2. The molecule has 310 valence electrons. The highest BCUT2D eigenvalue weighted by Gasteiger charge is 2.55. The van der Waals surface area contributed by atoms with E-state index in [9.17, 15) is 34.5 Å². The molecule has 0 radical (unpaired) electrons. The number of piperidine rings is 1. The highest BCUT2D eigenvalue weighted by Crippen LogP contribution is 2.43. The number of rotatable bonds is 5. The quantitative estimate of drug-likeness (QED) is 0.158. The number of carbonyl (C=O) groups excluding carboxylic acids is 4. The molecular weight excluding hydrogens is 719 g/mol. The van der Waals surface area contributed by atoms with E-state index in [0.29, 0.717) is 50.5 Å². The Morgan fingerprint density at radius 2 is 1.75 bits per heavy atom. The lowest BCUT2D eigenvalue weighted by atomic mass is 9.80. The maximum atomic E-state index is 14.3. The van der Waals surface area contributed by atoms with Gasteiger partial charge in [0.05, 0.1) is 24.4 Å². The van der Waals surface area contributed by atoms with Crippen molar-refractivity contribution in [3.8, 4) is 0 Å². The lowest BCUT2D eigenvalue weighted by molar-refractivity contribution is -0.270. The van der Waals surface area contributed by atoms with Gasteiger partial charge in [-0.15, -0.1) is 6.58 Å². The minimum Gasteiger partial charge on any atom is -0.456 e. The minimum atomic E-state index is -2.33. The van der Waals surface area contributed by atoms with Crippen LogP contribution in [0.1, 0.15) is 112 Å². The Balaban J connectivity index is 1.75. The van der Waals surface area contributed by atoms with Crippen LogP contribution < -0.4 is 0 Å². The zero-order valence-electron chi connectivity index (χ0n) is 34.6. The number of Topliss-reactive ketones (excluding diaryl/α,β-unsaturated/α-hetero) is 2. The molecule has 0 aromatic carbocycles. The van der Waals surface area contributed by atoms with Crippen molar-refractivity contribution >= 4 is 33.7 Å². The van der Waals surface area contributed by atoms with Crippen molar-refractivity contribution in [1.82, 2.24) is 4.90 Å². The molecule has 0 aromatic heterocycles. The van der Waals surface area contributed by atoms with Crippen molar-refractivity contribution in [2.45, 2.75) is 160 Å². The largest absolute Gasteiger partial charge is 0.456 e. The summed E-state index contributed by atoms with van der Waals surface area (Å²) in [6.07, 6.45) is 7.79. The summed E-state index contributed by atoms with van der Waals surface area (Å²) >= 11 is 0. The maximum Gasteiger partial charge on any atom is 0.329 e. The first-order valence-corrected chi connectivity index (χ1v) is 21.9. The number of ether oxygens (including phenoxy) is 3. The van der Waals surface area contributed by atoms with E-state index in [0.717, 1.165) is 28.7 Å². The average Bonchev–Trinajstić information content (AvgIpc) is 3.14. The van der Waals surface area contributed by atoms with Crippen molar-refractivity contribution < 1.29 is 48.7 Å². The van der Waals surface area contributed by atoms with Crippen LogP contribution in [-0.4, -0.2) is 110 Å². The molecule has 55 heavy (non-hydrogen) atoms. The van der Waals surface area contributed by atoms with Gasteiger partial charge < -0.3 is 34.4 Å². The summed E-state index contributed by atoms with van der Waals surface area (Å²) in [6, 6.07) is -1.09. The van der Waals surface area contributed by atoms with Crippen LogP contribution in [-0.2, 0) is 33.4 Å². The number of aliphatic hydroxyl groups excluding tert-OH is 2. The highest BCUT2D eigenvalue weighted by molar-refractivity contribution is 6.39. The lowest BCUT2D eigenvalue weighted by Gasteiger charge is -2.46. The minimum absolute atomic E-state index is 0.0104. The number of methoxy groups -OCH3 is 1. The van der Waals surface area contributed by atoms with E-state index < -0.39 is 71.7 Å². The Morgan fingerprint density at radius 1 is 1.04 bits per heavy atom. The molecule has 1 saturated carbocycles. The molecule has 3 N–H and O–H groups in total. The number of carbonyl (C=O) groups is 4. The first kappa shape index (κ1) is 45.2. The molecule has 1 amide bonds. The number of amides is 1. The fourth-order valence-corrected chi connectivity index (χ4v) is 11.3. The fraction of sp³-hybridized carbons (Fsp3) is 0.767. The normalized spacial score (nSPS) is 42.1. The number of cyclic esters (lactones) is 1. The van der Waals surface area contributed by atoms with Gasteiger partial charge in [-0.05, 0) is 107 Å². The highest BCUT2D eigenvalue weighted by atomic mass is 28.1. The summed E-state index contributed by atoms with van der Waals surface area (Å²) in [5, 5.41) is 34.0. The second kappa shape index (κ2) is 19.8. The van der Waals surface area contributed by atoms with Crippen molar-refractivity contribution in [2.24, 2.45) is 35.5 Å². The maximum absolute atomic E-state index is 14.3. The van der Waals surface area contributed by atoms with Gasteiger partial charge in [0.25, 0.3) is 11.7 Å². The molecule has 12 heteroatoms. The number of hydrogen-bond donors (Lipinski definition) is 3. The van der Waals surface area contributed by atoms with Gasteiger partial charge in [-0.25, -0.2) is 4.79 Å². The van der Waals surface area contributed by atoms with Gasteiger partial charge in [0.15, 0.2) is 0 Å². The van der Waals surface area contributed by atoms with Crippen molar-refractivity contribution in [3.63, 3.8) is 0 Å². The van der Waals surface area contributed by atoms with E-state index in [2.05, 4.69) is 20.4 Å². The van der Waals surface area contributed by atoms with Crippen LogP contribution in [0.25, 0.3) is 0 Å². The van der Waals surface area contributed by atoms with Crippen LogP contribution in [0.3, 0.4) is 0 Å². The van der Waals surface area contributed by atoms with Crippen LogP contribution in [0.2, 0.25) is 5.54 Å². The summed E-state index contributed by atoms with van der Waals surface area (Å²) in [4.78, 5) is 57.6. The Hall–Kier alpha value is -2.48. The van der Waals surface area contributed by atoms with E-state index in [1.54, 1.807) is 27.0 Å². The number of allylic oxidation sites excluding steroid dienone is 4. The number of fused-ring (bicyclic) bond motifs is 3. The summed E-state index contributed by atoms with van der Waals surface area (Å²) in [7, 11) is 2.35. The van der Waals surface area contributed by atoms with Gasteiger partial charge >= 0.3 is 5.97 Å². The Morgan fingerprint density at radius 3 is 2.42 bits per heavy atom. The molecule has 2 bridgehead atoms. The van der Waals surface area contributed by atoms with Crippen molar-refractivity contribution in [3.05, 3.63) is 36.0 Å². The molecule has 14 atom stereocenters. The lowest BCUT2D eigenvalue weighted by Crippen LogP contribution is -2.62. The molecule has 4 rings (SSSR count). The van der Waals surface area contributed by atoms with Gasteiger partial charge in [-0.2, -0.15) is 0 Å². The molecule has 0 spiro atoms. The van der Waals surface area contributed by atoms with Crippen molar-refractivity contribution in [1.29, 1.82) is 0 Å². The van der Waals surface area contributed by atoms with E-state index >= 15 is 0 Å². The SMILES string of the molecule is C=CC[C@@H]1/C=C(\C)C[C@H](C)C[C@H](C)[C@H]2O[C@@](O)(C(=O)C(=O)N3CCCC[C@H]3C(=O)O[C@H](/C(C)=C/[C@@H]3CC[C@@H](O)[C@H](OC)C3)[C@H](C)[C@@H](O)CC1=O)[C@H](C)C[C@@H]2[SiH3]. The van der Waals surface area contributed by atoms with Gasteiger partial charge in [0.1, 0.15) is 17.9 Å². The van der Waals surface area contributed by atoms with Gasteiger partial charge in [0, 0.05) is 48.1 Å². The average molecular weight is 788 g/mol. The van der Waals surface area contributed by atoms with Gasteiger partial charge in [-0.3, -0.25) is 14.4 Å². The predicted octanol–water partition coefficient (Wildman–Crippen LogP) is 4.40. The van der Waals surface area contributed by atoms with Crippen LogP contribution in [0.4, 0.5) is 0 Å². The molecule has 0 aromatic rings. The predicted molar refractivity (Wildman–Crippen MR) is 214 cm³/mol. The third kappa shape index (κ3) is 10.9. The molecule has 3 heterocycles. The first-order chi connectivity index (χ1) is 25.9. The molecule has 3 fully saturated rings. The van der Waals surface area contributed by atoms with E-state index in [4.69, 9.17) is 14.2 Å². The standard InChI is InChI=1S/C43H69NO10Si/c1-9-12-31-19-25(3)17-24(2)18-26(4)39-37(55)21-28(6)43(51,54-39)40(48)41(49)44-16-11-10-13-32(44)42(50)53-38(29(7)34(46)23-35(31)47)27(5)20-30-14-15-33(45)36(22-30)52-8/h9,19-20,24,26,28-34,36-39,45-46,51H,1,10-18,21-23H2,2-8,55H3/b25-19+,27-20+/t24-,26-,28+,29+,30-,31+,32-,33+,34-,36+,37-,38+,39+,43+/m0/s1. The van der Waals surface area contributed by atoms with Crippen LogP contribution in [0, 0.1) is 35.5 Å². The van der Waals surface area contributed by atoms with E-state index in [1.165, 1.54) is 4.90 Å². The van der Waals surface area contributed by atoms with E-state index in [1.807, 2.05) is 26.0 Å². The Bertz CT molecular complexity index is 1450. The van der Waals surface area contributed by atoms with Gasteiger partial charge in [-0.1, -0.05) is 51.5 Å². The van der Waals surface area contributed by atoms with Crippen molar-refractivity contribution in [2.75, 3.05) is 13.7 Å². The van der Waals surface area contributed by atoms with Crippen LogP contribution >= 0.6 is 0 Å². The Kier molecular flexibility index (Phi) is 16.3. The van der Waals surface area contributed by atoms with Gasteiger partial charge in [0.2, 0.25) is 5.79 Å². The third-order valence-electron chi connectivity index (χ3n) is 12.9.